The first-order valence-corrected chi connectivity index (χ1v) is 13.2. The number of carbonyl (C=O) groups excluding carboxylic acids is 3. The van der Waals surface area contributed by atoms with Crippen LogP contribution in [0.1, 0.15) is 40.0 Å². The SMILES string of the molecule is C=CCN(C(=O)[C@H]1[C@H]2C(=O)N(CCCO)C(C(=O)N(CC=C)C(C)C)C23CC[C@]1(C)O3)c1ccccc1. The van der Waals surface area contributed by atoms with E-state index in [2.05, 4.69) is 13.2 Å². The number of rotatable bonds is 11. The standard InChI is InChI=1S/C29H39N3O5/c1-6-16-30(20(3)4)27(36)24-29-15-14-28(5,37-29)22(23(29)26(35)32(24)18-11-19-33)25(34)31(17-7-2)21-12-9-8-10-13-21/h6-10,12-13,20,22-24,33H,1-2,11,14-19H2,3-5H3/t22-,23+,24?,28+,29?/m1/s1. The molecule has 1 N–H and O–H groups in total. The van der Waals surface area contributed by atoms with Crippen molar-refractivity contribution in [3.8, 4) is 0 Å². The van der Waals surface area contributed by atoms with Gasteiger partial charge < -0.3 is 24.5 Å². The molecule has 0 saturated carbocycles. The van der Waals surface area contributed by atoms with Gasteiger partial charge in [0.25, 0.3) is 0 Å². The van der Waals surface area contributed by atoms with Gasteiger partial charge in [-0.1, -0.05) is 30.4 Å². The predicted octanol–water partition coefficient (Wildman–Crippen LogP) is 2.78. The second-order valence-electron chi connectivity index (χ2n) is 10.8. The zero-order valence-electron chi connectivity index (χ0n) is 22.1. The lowest BCUT2D eigenvalue weighted by molar-refractivity contribution is -0.152. The Morgan fingerprint density at radius 1 is 1.16 bits per heavy atom. The highest BCUT2D eigenvalue weighted by Gasteiger charge is 2.78. The molecule has 0 aliphatic carbocycles. The number of para-hydroxylation sites is 1. The van der Waals surface area contributed by atoms with Crippen molar-refractivity contribution in [3.63, 3.8) is 0 Å². The number of fused-ring (bicyclic) bond motifs is 1. The van der Waals surface area contributed by atoms with Gasteiger partial charge in [-0.05, 0) is 52.2 Å². The summed E-state index contributed by atoms with van der Waals surface area (Å²) in [6.07, 6.45) is 4.77. The molecule has 3 aliphatic heterocycles. The van der Waals surface area contributed by atoms with E-state index in [1.165, 1.54) is 0 Å². The Morgan fingerprint density at radius 2 is 1.84 bits per heavy atom. The quantitative estimate of drug-likeness (QED) is 0.464. The number of ether oxygens (including phenoxy) is 1. The average Bonchev–Trinajstić information content (AvgIpc) is 3.44. The van der Waals surface area contributed by atoms with Crippen LogP contribution in [-0.4, -0.2) is 82.2 Å². The lowest BCUT2D eigenvalue weighted by atomic mass is 9.66. The summed E-state index contributed by atoms with van der Waals surface area (Å²) in [5.41, 5.74) is -1.24. The van der Waals surface area contributed by atoms with E-state index in [9.17, 15) is 19.5 Å². The fourth-order valence-electron chi connectivity index (χ4n) is 6.64. The van der Waals surface area contributed by atoms with Gasteiger partial charge in [0.1, 0.15) is 11.6 Å². The third-order valence-corrected chi connectivity index (χ3v) is 8.21. The van der Waals surface area contributed by atoms with Crippen LogP contribution < -0.4 is 4.90 Å². The average molecular weight is 510 g/mol. The minimum Gasteiger partial charge on any atom is -0.396 e. The number of aliphatic hydroxyl groups excluding tert-OH is 1. The van der Waals surface area contributed by atoms with Crippen molar-refractivity contribution in [2.75, 3.05) is 31.1 Å². The van der Waals surface area contributed by atoms with Crippen molar-refractivity contribution in [2.24, 2.45) is 11.8 Å². The summed E-state index contributed by atoms with van der Waals surface area (Å²) < 4.78 is 6.72. The van der Waals surface area contributed by atoms with E-state index in [0.717, 1.165) is 5.69 Å². The largest absolute Gasteiger partial charge is 0.396 e. The number of anilines is 1. The van der Waals surface area contributed by atoms with Gasteiger partial charge in [-0.2, -0.15) is 0 Å². The summed E-state index contributed by atoms with van der Waals surface area (Å²) in [7, 11) is 0. The maximum Gasteiger partial charge on any atom is 0.248 e. The fourth-order valence-corrected chi connectivity index (χ4v) is 6.64. The van der Waals surface area contributed by atoms with Crippen LogP contribution in [0.3, 0.4) is 0 Å². The predicted molar refractivity (Wildman–Crippen MR) is 142 cm³/mol. The Kier molecular flexibility index (Phi) is 7.62. The van der Waals surface area contributed by atoms with Crippen LogP contribution in [0.25, 0.3) is 0 Å². The topological polar surface area (TPSA) is 90.4 Å². The minimum atomic E-state index is -1.09. The van der Waals surface area contributed by atoms with Crippen LogP contribution in [0, 0.1) is 11.8 Å². The summed E-state index contributed by atoms with van der Waals surface area (Å²) in [5, 5.41) is 9.54. The van der Waals surface area contributed by atoms with Crippen molar-refractivity contribution in [2.45, 2.75) is 63.3 Å². The fraction of sp³-hybridized carbons (Fsp3) is 0.552. The van der Waals surface area contributed by atoms with E-state index in [4.69, 9.17) is 4.74 Å². The van der Waals surface area contributed by atoms with Crippen molar-refractivity contribution >= 4 is 23.4 Å². The zero-order valence-corrected chi connectivity index (χ0v) is 22.1. The first kappa shape index (κ1) is 27.1. The smallest absolute Gasteiger partial charge is 0.248 e. The first-order valence-electron chi connectivity index (χ1n) is 13.2. The molecule has 200 valence electrons. The molecule has 0 radical (unpaired) electrons. The van der Waals surface area contributed by atoms with E-state index < -0.39 is 29.1 Å². The van der Waals surface area contributed by atoms with Crippen LogP contribution >= 0.6 is 0 Å². The molecule has 0 aromatic heterocycles. The van der Waals surface area contributed by atoms with Crippen LogP contribution in [0.4, 0.5) is 5.69 Å². The molecule has 3 aliphatic rings. The highest BCUT2D eigenvalue weighted by molar-refractivity contribution is 6.03. The highest BCUT2D eigenvalue weighted by atomic mass is 16.5. The monoisotopic (exact) mass is 509 g/mol. The summed E-state index contributed by atoms with van der Waals surface area (Å²) in [4.78, 5) is 47.3. The second kappa shape index (κ2) is 10.4. The van der Waals surface area contributed by atoms with E-state index >= 15 is 0 Å². The molecule has 3 saturated heterocycles. The van der Waals surface area contributed by atoms with E-state index in [1.807, 2.05) is 51.1 Å². The highest BCUT2D eigenvalue weighted by Crippen LogP contribution is 2.63. The number of amides is 3. The summed E-state index contributed by atoms with van der Waals surface area (Å²) >= 11 is 0. The Labute approximate surface area is 219 Å². The molecule has 37 heavy (non-hydrogen) atoms. The maximum atomic E-state index is 14.2. The number of hydrogen-bond donors (Lipinski definition) is 1. The van der Waals surface area contributed by atoms with Gasteiger partial charge in [0.15, 0.2) is 0 Å². The minimum absolute atomic E-state index is 0.106. The van der Waals surface area contributed by atoms with Gasteiger partial charge in [0.05, 0.1) is 17.4 Å². The second-order valence-corrected chi connectivity index (χ2v) is 10.8. The maximum absolute atomic E-state index is 14.2. The van der Waals surface area contributed by atoms with E-state index in [0.29, 0.717) is 32.4 Å². The third-order valence-electron chi connectivity index (χ3n) is 8.21. The number of hydrogen-bond acceptors (Lipinski definition) is 5. The normalized spacial score (nSPS) is 29.9. The van der Waals surface area contributed by atoms with Crippen LogP contribution in [0.2, 0.25) is 0 Å². The van der Waals surface area contributed by atoms with Gasteiger partial charge in [0.2, 0.25) is 17.7 Å². The molecule has 1 aromatic rings. The molecule has 3 amide bonds. The summed E-state index contributed by atoms with van der Waals surface area (Å²) in [5.74, 6) is -2.17. The van der Waals surface area contributed by atoms with Crippen LogP contribution in [0.15, 0.2) is 55.6 Å². The number of nitrogens with zero attached hydrogens (tertiary/aromatic N) is 3. The molecule has 2 bridgehead atoms. The Bertz CT molecular complexity index is 1060. The van der Waals surface area contributed by atoms with Crippen LogP contribution in [-0.2, 0) is 19.1 Å². The van der Waals surface area contributed by atoms with Crippen LogP contribution in [0.5, 0.6) is 0 Å². The number of likely N-dealkylation sites (tertiary alicyclic amines) is 1. The molecule has 4 rings (SSSR count). The molecule has 8 nitrogen and oxygen atoms in total. The Morgan fingerprint density at radius 3 is 2.43 bits per heavy atom. The molecule has 1 aromatic carbocycles. The Hall–Kier alpha value is -2.97. The molecule has 3 heterocycles. The molecule has 2 unspecified atom stereocenters. The lowest BCUT2D eigenvalue weighted by Crippen LogP contribution is -2.57. The Balaban J connectivity index is 1.79. The van der Waals surface area contributed by atoms with Gasteiger partial charge in [-0.15, -0.1) is 13.2 Å². The number of carbonyl (C=O) groups is 3. The van der Waals surface area contributed by atoms with Crippen molar-refractivity contribution in [1.29, 1.82) is 0 Å². The number of benzene rings is 1. The van der Waals surface area contributed by atoms with Gasteiger partial charge in [-0.25, -0.2) is 0 Å². The molecule has 8 heteroatoms. The molecule has 5 atom stereocenters. The molecule has 1 spiro atoms. The third kappa shape index (κ3) is 4.30. The lowest BCUT2D eigenvalue weighted by Gasteiger charge is -2.38. The van der Waals surface area contributed by atoms with Gasteiger partial charge in [0, 0.05) is 38.0 Å². The van der Waals surface area contributed by atoms with Gasteiger partial charge >= 0.3 is 0 Å². The molecular weight excluding hydrogens is 470 g/mol. The molecule has 3 fully saturated rings. The van der Waals surface area contributed by atoms with Crippen molar-refractivity contribution in [1.82, 2.24) is 9.80 Å². The van der Waals surface area contributed by atoms with Gasteiger partial charge in [-0.3, -0.25) is 14.4 Å². The zero-order chi connectivity index (χ0) is 27.0. The first-order chi connectivity index (χ1) is 17.7. The number of aliphatic hydroxyl groups is 1. The van der Waals surface area contributed by atoms with Crippen molar-refractivity contribution < 1.29 is 24.2 Å². The summed E-state index contributed by atoms with van der Waals surface area (Å²) in [6.45, 7) is 14.1. The molecular formula is C29H39N3O5. The van der Waals surface area contributed by atoms with E-state index in [-0.39, 0.29) is 36.9 Å². The van der Waals surface area contributed by atoms with Crippen molar-refractivity contribution in [3.05, 3.63) is 55.6 Å². The van der Waals surface area contributed by atoms with E-state index in [1.54, 1.807) is 26.9 Å². The summed E-state index contributed by atoms with van der Waals surface area (Å²) in [6, 6.07) is 8.37.